The standard InChI is InChI=1S/C21H19ClO/c1-2-17-14-23-15-21(17)20(18-6-4-3-5-7-18)13-10-16-8-11-19(22)12-9-16/h2-13,17H,1,14-15H2/b13-10+,21-20+. The van der Waals surface area contributed by atoms with Crippen LogP contribution in [0.25, 0.3) is 11.6 Å². The summed E-state index contributed by atoms with van der Waals surface area (Å²) >= 11 is 5.95. The van der Waals surface area contributed by atoms with Crippen molar-refractivity contribution in [2.45, 2.75) is 0 Å². The van der Waals surface area contributed by atoms with Crippen LogP contribution in [0.15, 0.2) is 78.9 Å². The van der Waals surface area contributed by atoms with Gasteiger partial charge in [0.2, 0.25) is 0 Å². The van der Waals surface area contributed by atoms with Crippen LogP contribution in [-0.2, 0) is 4.74 Å². The van der Waals surface area contributed by atoms with Gasteiger partial charge >= 0.3 is 0 Å². The number of hydrogen-bond acceptors (Lipinski definition) is 1. The molecule has 0 spiro atoms. The van der Waals surface area contributed by atoms with E-state index in [0.717, 1.165) is 10.6 Å². The third-order valence-corrected chi connectivity index (χ3v) is 4.28. The Morgan fingerprint density at radius 1 is 1.09 bits per heavy atom. The van der Waals surface area contributed by atoms with E-state index in [9.17, 15) is 0 Å². The van der Waals surface area contributed by atoms with Gasteiger partial charge in [-0.15, -0.1) is 6.58 Å². The monoisotopic (exact) mass is 322 g/mol. The lowest BCUT2D eigenvalue weighted by molar-refractivity contribution is 0.195. The minimum Gasteiger partial charge on any atom is -0.376 e. The number of benzene rings is 2. The Hall–Kier alpha value is -2.09. The van der Waals surface area contributed by atoms with Crippen LogP contribution in [0.4, 0.5) is 0 Å². The molecule has 1 aliphatic rings. The molecule has 2 aromatic rings. The number of hydrogen-bond donors (Lipinski definition) is 0. The average molecular weight is 323 g/mol. The minimum absolute atomic E-state index is 0.278. The molecule has 0 radical (unpaired) electrons. The predicted molar refractivity (Wildman–Crippen MR) is 98.4 cm³/mol. The first-order valence-electron chi connectivity index (χ1n) is 7.70. The highest BCUT2D eigenvalue weighted by Crippen LogP contribution is 2.31. The van der Waals surface area contributed by atoms with Crippen molar-refractivity contribution in [3.8, 4) is 0 Å². The van der Waals surface area contributed by atoms with E-state index < -0.39 is 0 Å². The first kappa shape index (κ1) is 15.8. The van der Waals surface area contributed by atoms with Crippen LogP contribution >= 0.6 is 11.6 Å². The maximum Gasteiger partial charge on any atom is 0.0692 e. The molecule has 116 valence electrons. The summed E-state index contributed by atoms with van der Waals surface area (Å²) in [5, 5.41) is 0.750. The Labute approximate surface area is 142 Å². The number of ether oxygens (including phenoxy) is 1. The Morgan fingerprint density at radius 2 is 1.83 bits per heavy atom. The molecule has 0 aliphatic carbocycles. The van der Waals surface area contributed by atoms with E-state index in [2.05, 4.69) is 43.0 Å². The SMILES string of the molecule is C=CC1COC/C1=C(/C=C/c1ccc(Cl)cc1)c1ccccc1. The molecule has 0 N–H and O–H groups in total. The lowest BCUT2D eigenvalue weighted by atomic mass is 9.92. The molecule has 0 saturated carbocycles. The summed E-state index contributed by atoms with van der Waals surface area (Å²) in [5.41, 5.74) is 4.82. The van der Waals surface area contributed by atoms with E-state index in [0.29, 0.717) is 13.2 Å². The number of rotatable bonds is 4. The van der Waals surface area contributed by atoms with Crippen molar-refractivity contribution in [2.75, 3.05) is 13.2 Å². The predicted octanol–water partition coefficient (Wildman–Crippen LogP) is 5.64. The van der Waals surface area contributed by atoms with Gasteiger partial charge < -0.3 is 4.74 Å². The normalized spacial score (nSPS) is 20.0. The third kappa shape index (κ3) is 3.82. The molecule has 1 heterocycles. The van der Waals surface area contributed by atoms with Crippen LogP contribution in [0.5, 0.6) is 0 Å². The van der Waals surface area contributed by atoms with Crippen LogP contribution in [0.3, 0.4) is 0 Å². The highest BCUT2D eigenvalue weighted by Gasteiger charge is 2.22. The molecular weight excluding hydrogens is 304 g/mol. The van der Waals surface area contributed by atoms with Gasteiger partial charge in [-0.1, -0.05) is 72.3 Å². The second-order valence-corrected chi connectivity index (χ2v) is 5.98. The number of halogens is 1. The molecule has 3 rings (SSSR count). The maximum absolute atomic E-state index is 5.95. The molecule has 0 bridgehead atoms. The fourth-order valence-corrected chi connectivity index (χ4v) is 2.88. The molecule has 2 heteroatoms. The zero-order valence-corrected chi connectivity index (χ0v) is 13.7. The van der Waals surface area contributed by atoms with Crippen molar-refractivity contribution in [3.63, 3.8) is 0 Å². The molecule has 1 atom stereocenters. The molecular formula is C21H19ClO. The molecule has 2 aromatic carbocycles. The molecule has 1 saturated heterocycles. The van der Waals surface area contributed by atoms with Crippen LogP contribution in [0.1, 0.15) is 11.1 Å². The maximum atomic E-state index is 5.95. The van der Waals surface area contributed by atoms with E-state index in [-0.39, 0.29) is 5.92 Å². The molecule has 23 heavy (non-hydrogen) atoms. The van der Waals surface area contributed by atoms with Crippen LogP contribution < -0.4 is 0 Å². The summed E-state index contributed by atoms with van der Waals surface area (Å²) in [5.74, 6) is 0.278. The van der Waals surface area contributed by atoms with Gasteiger partial charge in [0.15, 0.2) is 0 Å². The summed E-state index contributed by atoms with van der Waals surface area (Å²) < 4.78 is 5.65. The fraction of sp³-hybridized carbons (Fsp3) is 0.143. The fourth-order valence-electron chi connectivity index (χ4n) is 2.75. The second kappa shape index (κ2) is 7.45. The Morgan fingerprint density at radius 3 is 2.52 bits per heavy atom. The summed E-state index contributed by atoms with van der Waals surface area (Å²) in [4.78, 5) is 0. The Kier molecular flexibility index (Phi) is 5.12. The van der Waals surface area contributed by atoms with E-state index in [1.807, 2.05) is 36.4 Å². The molecule has 1 nitrogen and oxygen atoms in total. The summed E-state index contributed by atoms with van der Waals surface area (Å²) in [6.45, 7) is 5.31. The van der Waals surface area contributed by atoms with Crippen molar-refractivity contribution in [1.82, 2.24) is 0 Å². The highest BCUT2D eigenvalue weighted by molar-refractivity contribution is 6.30. The van der Waals surface area contributed by atoms with Gasteiger partial charge in [0.05, 0.1) is 13.2 Å². The number of allylic oxidation sites excluding steroid dienone is 2. The summed E-state index contributed by atoms with van der Waals surface area (Å²) in [6, 6.07) is 18.3. The molecule has 1 aliphatic heterocycles. The Bertz CT molecular complexity index is 726. The van der Waals surface area contributed by atoms with Crippen molar-refractivity contribution in [1.29, 1.82) is 0 Å². The van der Waals surface area contributed by atoms with Gasteiger partial charge in [-0.3, -0.25) is 0 Å². The molecule has 1 unspecified atom stereocenters. The van der Waals surface area contributed by atoms with Gasteiger partial charge in [-0.25, -0.2) is 0 Å². The lowest BCUT2D eigenvalue weighted by Gasteiger charge is -2.11. The molecule has 1 fully saturated rings. The van der Waals surface area contributed by atoms with Gasteiger partial charge in [-0.2, -0.15) is 0 Å². The molecule has 0 amide bonds. The largest absolute Gasteiger partial charge is 0.376 e. The molecule has 0 aromatic heterocycles. The minimum atomic E-state index is 0.278. The van der Waals surface area contributed by atoms with Crippen LogP contribution in [0.2, 0.25) is 5.02 Å². The summed E-state index contributed by atoms with van der Waals surface area (Å²) in [6.07, 6.45) is 6.25. The van der Waals surface area contributed by atoms with Crippen molar-refractivity contribution < 1.29 is 4.74 Å². The van der Waals surface area contributed by atoms with Crippen molar-refractivity contribution in [2.24, 2.45) is 5.92 Å². The average Bonchev–Trinajstić information content (AvgIpc) is 3.06. The lowest BCUT2D eigenvalue weighted by Crippen LogP contribution is -2.00. The van der Waals surface area contributed by atoms with E-state index >= 15 is 0 Å². The first-order valence-corrected chi connectivity index (χ1v) is 8.08. The van der Waals surface area contributed by atoms with Gasteiger partial charge in [0.25, 0.3) is 0 Å². The smallest absolute Gasteiger partial charge is 0.0692 e. The Balaban J connectivity index is 2.01. The highest BCUT2D eigenvalue weighted by atomic mass is 35.5. The van der Waals surface area contributed by atoms with E-state index in [4.69, 9.17) is 16.3 Å². The zero-order valence-electron chi connectivity index (χ0n) is 12.9. The van der Waals surface area contributed by atoms with Crippen LogP contribution in [-0.4, -0.2) is 13.2 Å². The first-order chi connectivity index (χ1) is 11.3. The zero-order chi connectivity index (χ0) is 16.1. The van der Waals surface area contributed by atoms with Gasteiger partial charge in [0, 0.05) is 10.9 Å². The van der Waals surface area contributed by atoms with Crippen LogP contribution in [0, 0.1) is 5.92 Å². The van der Waals surface area contributed by atoms with Gasteiger partial charge in [0.1, 0.15) is 0 Å². The second-order valence-electron chi connectivity index (χ2n) is 5.55. The quantitative estimate of drug-likeness (QED) is 0.662. The topological polar surface area (TPSA) is 9.23 Å². The van der Waals surface area contributed by atoms with E-state index in [1.165, 1.54) is 16.7 Å². The van der Waals surface area contributed by atoms with E-state index in [1.54, 1.807) is 0 Å². The van der Waals surface area contributed by atoms with Crippen molar-refractivity contribution in [3.05, 3.63) is 95.1 Å². The van der Waals surface area contributed by atoms with Crippen molar-refractivity contribution >= 4 is 23.3 Å². The third-order valence-electron chi connectivity index (χ3n) is 4.03. The summed E-state index contributed by atoms with van der Waals surface area (Å²) in [7, 11) is 0. The van der Waals surface area contributed by atoms with Gasteiger partial charge in [-0.05, 0) is 34.4 Å².